The Hall–Kier alpha value is -1.91. The third kappa shape index (κ3) is 1.12. The molecule has 0 aliphatic carbocycles. The lowest BCUT2D eigenvalue weighted by molar-refractivity contribution is -0.0662. The maximum atomic E-state index is 13.7. The molecule has 0 fully saturated rings. The number of aromatic nitrogens is 1. The van der Waals surface area contributed by atoms with Gasteiger partial charge >= 0.3 is 6.54 Å². The highest BCUT2D eigenvalue weighted by molar-refractivity contribution is 5.83. The standard InChI is InChI=1S/C10H5F2NO2/c11-7-8-5(2-1-3-13-8)4-6-9(7)15-10(12)14-6/h1-4,10H. The van der Waals surface area contributed by atoms with Crippen molar-refractivity contribution in [3.8, 4) is 11.5 Å². The molecule has 3 nitrogen and oxygen atoms in total. The summed E-state index contributed by atoms with van der Waals surface area (Å²) in [5.41, 5.74) is 0.147. The van der Waals surface area contributed by atoms with E-state index in [1.807, 2.05) is 0 Å². The molecule has 0 amide bonds. The lowest BCUT2D eigenvalue weighted by Gasteiger charge is -2.01. The molecule has 0 saturated carbocycles. The summed E-state index contributed by atoms with van der Waals surface area (Å²) in [5.74, 6) is -0.836. The first-order valence-corrected chi connectivity index (χ1v) is 4.30. The molecular formula is C10H5F2NO2. The first kappa shape index (κ1) is 8.40. The third-order valence-electron chi connectivity index (χ3n) is 2.19. The van der Waals surface area contributed by atoms with Crippen molar-refractivity contribution in [1.29, 1.82) is 0 Å². The van der Waals surface area contributed by atoms with Crippen molar-refractivity contribution in [2.75, 3.05) is 0 Å². The van der Waals surface area contributed by atoms with E-state index >= 15 is 0 Å². The minimum Gasteiger partial charge on any atom is -0.425 e. The van der Waals surface area contributed by atoms with Crippen molar-refractivity contribution in [2.24, 2.45) is 0 Å². The summed E-state index contributed by atoms with van der Waals surface area (Å²) in [6.07, 6.45) is 1.46. The lowest BCUT2D eigenvalue weighted by Crippen LogP contribution is -2.09. The van der Waals surface area contributed by atoms with Crippen LogP contribution in [-0.2, 0) is 0 Å². The Balaban J connectivity index is 2.35. The van der Waals surface area contributed by atoms with Crippen LogP contribution >= 0.6 is 0 Å². The topological polar surface area (TPSA) is 31.4 Å². The maximum Gasteiger partial charge on any atom is 0.397 e. The fourth-order valence-electron chi connectivity index (χ4n) is 1.55. The van der Waals surface area contributed by atoms with Crippen LogP contribution in [0.3, 0.4) is 0 Å². The molecule has 1 aliphatic heterocycles. The summed E-state index contributed by atoms with van der Waals surface area (Å²) in [7, 11) is 0. The molecule has 1 atom stereocenters. The highest BCUT2D eigenvalue weighted by atomic mass is 19.2. The Kier molecular flexibility index (Phi) is 1.56. The quantitative estimate of drug-likeness (QED) is 0.667. The van der Waals surface area contributed by atoms with Crippen LogP contribution in [0.4, 0.5) is 8.78 Å². The molecule has 0 saturated heterocycles. The number of benzene rings is 1. The number of alkyl halides is 1. The third-order valence-corrected chi connectivity index (χ3v) is 2.19. The van der Waals surface area contributed by atoms with Gasteiger partial charge in [-0.1, -0.05) is 6.07 Å². The number of rotatable bonds is 0. The summed E-state index contributed by atoms with van der Waals surface area (Å²) in [6.45, 7) is -1.94. The second kappa shape index (κ2) is 2.79. The zero-order valence-electron chi connectivity index (χ0n) is 7.41. The Morgan fingerprint density at radius 1 is 1.33 bits per heavy atom. The summed E-state index contributed by atoms with van der Waals surface area (Å²) >= 11 is 0. The van der Waals surface area contributed by atoms with E-state index in [-0.39, 0.29) is 17.0 Å². The largest absolute Gasteiger partial charge is 0.425 e. The number of halogens is 2. The normalized spacial score (nSPS) is 18.4. The minimum absolute atomic E-state index is 0.0699. The molecule has 0 radical (unpaired) electrons. The van der Waals surface area contributed by atoms with Crippen molar-refractivity contribution < 1.29 is 18.3 Å². The van der Waals surface area contributed by atoms with Gasteiger partial charge in [0.2, 0.25) is 5.75 Å². The van der Waals surface area contributed by atoms with Gasteiger partial charge in [0.05, 0.1) is 0 Å². The van der Waals surface area contributed by atoms with Gasteiger partial charge in [0, 0.05) is 11.6 Å². The van der Waals surface area contributed by atoms with Crippen molar-refractivity contribution in [2.45, 2.75) is 6.54 Å². The molecule has 1 aromatic heterocycles. The Morgan fingerprint density at radius 2 is 2.20 bits per heavy atom. The van der Waals surface area contributed by atoms with Crippen LogP contribution in [0, 0.1) is 5.82 Å². The van der Waals surface area contributed by atoms with Crippen LogP contribution in [0.25, 0.3) is 10.9 Å². The van der Waals surface area contributed by atoms with Gasteiger partial charge in [-0.25, -0.2) is 4.39 Å². The van der Waals surface area contributed by atoms with Crippen molar-refractivity contribution in [3.63, 3.8) is 0 Å². The van der Waals surface area contributed by atoms with Crippen molar-refractivity contribution in [1.82, 2.24) is 4.98 Å². The van der Waals surface area contributed by atoms with E-state index in [4.69, 9.17) is 0 Å². The molecule has 5 heteroatoms. The number of hydrogen-bond donors (Lipinski definition) is 0. The van der Waals surface area contributed by atoms with Crippen LogP contribution in [0.15, 0.2) is 24.4 Å². The van der Waals surface area contributed by atoms with Gasteiger partial charge in [0.25, 0.3) is 0 Å². The first-order valence-electron chi connectivity index (χ1n) is 4.30. The molecule has 2 aromatic rings. The average Bonchev–Trinajstić information content (AvgIpc) is 2.59. The Labute approximate surface area is 83.2 Å². The molecular weight excluding hydrogens is 204 g/mol. The predicted molar refractivity (Wildman–Crippen MR) is 47.9 cm³/mol. The number of nitrogens with zero attached hydrogens (tertiary/aromatic N) is 1. The molecule has 0 N–H and O–H groups in total. The number of pyridine rings is 1. The molecule has 0 bridgehead atoms. The van der Waals surface area contributed by atoms with E-state index in [9.17, 15) is 8.78 Å². The van der Waals surface area contributed by atoms with E-state index in [0.717, 1.165) is 0 Å². The van der Waals surface area contributed by atoms with Gasteiger partial charge in [-0.2, -0.15) is 4.39 Å². The van der Waals surface area contributed by atoms with Gasteiger partial charge < -0.3 is 9.47 Å². The molecule has 1 aliphatic rings. The summed E-state index contributed by atoms with van der Waals surface area (Å²) in [4.78, 5) is 3.85. The van der Waals surface area contributed by atoms with Crippen LogP contribution < -0.4 is 9.47 Å². The van der Waals surface area contributed by atoms with Gasteiger partial charge in [-0.05, 0) is 12.1 Å². The summed E-state index contributed by atoms with van der Waals surface area (Å²) in [5, 5.41) is 0.548. The second-order valence-electron chi connectivity index (χ2n) is 3.10. The minimum atomic E-state index is -1.94. The smallest absolute Gasteiger partial charge is 0.397 e. The van der Waals surface area contributed by atoms with Gasteiger partial charge in [-0.3, -0.25) is 4.98 Å². The Bertz CT molecular complexity index is 544. The van der Waals surface area contributed by atoms with Gasteiger partial charge in [0.1, 0.15) is 5.52 Å². The fraction of sp³-hybridized carbons (Fsp3) is 0.100. The number of hydrogen-bond acceptors (Lipinski definition) is 3. The Morgan fingerprint density at radius 3 is 3.07 bits per heavy atom. The highest BCUT2D eigenvalue weighted by Crippen LogP contribution is 2.40. The van der Waals surface area contributed by atoms with Crippen molar-refractivity contribution >= 4 is 10.9 Å². The fourth-order valence-corrected chi connectivity index (χ4v) is 1.55. The van der Waals surface area contributed by atoms with Crippen LogP contribution in [0.5, 0.6) is 11.5 Å². The van der Waals surface area contributed by atoms with E-state index in [1.54, 1.807) is 12.1 Å². The maximum absolute atomic E-state index is 13.7. The van der Waals surface area contributed by atoms with Gasteiger partial charge in [-0.15, -0.1) is 0 Å². The van der Waals surface area contributed by atoms with E-state index in [1.165, 1.54) is 12.3 Å². The molecule has 15 heavy (non-hydrogen) atoms. The van der Waals surface area contributed by atoms with E-state index in [2.05, 4.69) is 14.5 Å². The molecule has 3 rings (SSSR count). The summed E-state index contributed by atoms with van der Waals surface area (Å²) < 4.78 is 35.6. The van der Waals surface area contributed by atoms with Crippen LogP contribution in [0.1, 0.15) is 0 Å². The van der Waals surface area contributed by atoms with Gasteiger partial charge in [0.15, 0.2) is 11.6 Å². The number of ether oxygens (including phenoxy) is 2. The molecule has 2 heterocycles. The molecule has 76 valence electrons. The van der Waals surface area contributed by atoms with Crippen LogP contribution in [0.2, 0.25) is 0 Å². The van der Waals surface area contributed by atoms with E-state index < -0.39 is 12.4 Å². The summed E-state index contributed by atoms with van der Waals surface area (Å²) in [6, 6.07) is 4.83. The van der Waals surface area contributed by atoms with Crippen LogP contribution in [-0.4, -0.2) is 11.5 Å². The second-order valence-corrected chi connectivity index (χ2v) is 3.10. The lowest BCUT2D eigenvalue weighted by atomic mass is 10.2. The molecule has 1 unspecified atom stereocenters. The van der Waals surface area contributed by atoms with Crippen molar-refractivity contribution in [3.05, 3.63) is 30.2 Å². The van der Waals surface area contributed by atoms with E-state index in [0.29, 0.717) is 5.39 Å². The monoisotopic (exact) mass is 209 g/mol. The first-order chi connectivity index (χ1) is 7.25. The predicted octanol–water partition coefficient (Wildman–Crippen LogP) is 2.40. The zero-order valence-corrected chi connectivity index (χ0v) is 7.41. The highest BCUT2D eigenvalue weighted by Gasteiger charge is 2.28. The number of fused-ring (bicyclic) bond motifs is 2. The average molecular weight is 209 g/mol. The zero-order chi connectivity index (χ0) is 10.4. The molecule has 0 spiro atoms. The molecule has 1 aromatic carbocycles. The SMILES string of the molecule is Fc1c2c(cc3cccnc13)OC(F)O2.